The molecule has 0 aromatic heterocycles. The van der Waals surface area contributed by atoms with E-state index in [2.05, 4.69) is 47.3 Å². The molecule has 0 amide bonds. The van der Waals surface area contributed by atoms with Crippen molar-refractivity contribution < 1.29 is 4.74 Å². The lowest BCUT2D eigenvalue weighted by Crippen LogP contribution is -2.45. The van der Waals surface area contributed by atoms with Gasteiger partial charge in [0.05, 0.1) is 19.8 Å². The molecule has 1 heterocycles. The summed E-state index contributed by atoms with van der Waals surface area (Å²) in [7, 11) is 0. The van der Waals surface area contributed by atoms with Crippen LogP contribution in [0.2, 0.25) is 0 Å². The van der Waals surface area contributed by atoms with Gasteiger partial charge >= 0.3 is 0 Å². The van der Waals surface area contributed by atoms with Crippen molar-refractivity contribution in [3.05, 3.63) is 29.3 Å². The van der Waals surface area contributed by atoms with E-state index >= 15 is 0 Å². The average molecular weight is 345 g/mol. The van der Waals surface area contributed by atoms with E-state index in [-0.39, 0.29) is 0 Å². The Balaban J connectivity index is 1.59. The van der Waals surface area contributed by atoms with Crippen molar-refractivity contribution in [3.63, 3.8) is 0 Å². The third-order valence-electron chi connectivity index (χ3n) is 5.15. The molecule has 25 heavy (non-hydrogen) atoms. The number of guanidine groups is 1. The fourth-order valence-corrected chi connectivity index (χ4v) is 3.87. The number of morpholine rings is 1. The Morgan fingerprint density at radius 2 is 2.00 bits per heavy atom. The summed E-state index contributed by atoms with van der Waals surface area (Å²) in [4.78, 5) is 7.14. The molecular weight excluding hydrogens is 312 g/mol. The van der Waals surface area contributed by atoms with Gasteiger partial charge in [-0.15, -0.1) is 0 Å². The van der Waals surface area contributed by atoms with Gasteiger partial charge in [0.25, 0.3) is 0 Å². The van der Waals surface area contributed by atoms with Gasteiger partial charge in [0.1, 0.15) is 0 Å². The molecule has 1 aromatic carbocycles. The van der Waals surface area contributed by atoms with Gasteiger partial charge in [0, 0.05) is 24.8 Å². The molecule has 0 radical (unpaired) electrons. The monoisotopic (exact) mass is 344 g/mol. The second kappa shape index (κ2) is 8.68. The zero-order chi connectivity index (χ0) is 17.6. The van der Waals surface area contributed by atoms with Crippen LogP contribution >= 0.6 is 0 Å². The molecule has 1 saturated heterocycles. The van der Waals surface area contributed by atoms with Crippen molar-refractivity contribution in [2.24, 2.45) is 16.6 Å². The molecule has 1 aliphatic heterocycles. The first-order valence-corrected chi connectivity index (χ1v) is 9.62. The maximum atomic E-state index is 6.16. The molecule has 3 rings (SSSR count). The minimum Gasteiger partial charge on any atom is -0.379 e. The van der Waals surface area contributed by atoms with Crippen LogP contribution in [0.25, 0.3) is 0 Å². The molecule has 1 atom stereocenters. The van der Waals surface area contributed by atoms with Crippen LogP contribution in [-0.2, 0) is 17.6 Å². The molecular formula is C20H32N4O. The van der Waals surface area contributed by atoms with Gasteiger partial charge in [-0.1, -0.05) is 19.9 Å². The quantitative estimate of drug-likeness (QED) is 0.615. The minimum atomic E-state index is 0.435. The van der Waals surface area contributed by atoms with Crippen LogP contribution in [0.4, 0.5) is 5.69 Å². The van der Waals surface area contributed by atoms with E-state index in [0.717, 1.165) is 45.0 Å². The van der Waals surface area contributed by atoms with E-state index in [9.17, 15) is 0 Å². The molecule has 5 nitrogen and oxygen atoms in total. The predicted octanol–water partition coefficient (Wildman–Crippen LogP) is 2.65. The number of benzene rings is 1. The van der Waals surface area contributed by atoms with Crippen LogP contribution < -0.4 is 11.1 Å². The summed E-state index contributed by atoms with van der Waals surface area (Å²) in [5.74, 6) is 1.16. The number of rotatable bonds is 6. The summed E-state index contributed by atoms with van der Waals surface area (Å²) in [5, 5.41) is 3.27. The first-order valence-electron chi connectivity index (χ1n) is 9.62. The minimum absolute atomic E-state index is 0.435. The Labute approximate surface area is 151 Å². The smallest absolute Gasteiger partial charge is 0.193 e. The summed E-state index contributed by atoms with van der Waals surface area (Å²) in [5.41, 5.74) is 10.1. The number of anilines is 1. The zero-order valence-electron chi connectivity index (χ0n) is 15.6. The highest BCUT2D eigenvalue weighted by Crippen LogP contribution is 2.24. The van der Waals surface area contributed by atoms with Crippen LogP contribution in [0.3, 0.4) is 0 Å². The van der Waals surface area contributed by atoms with Crippen molar-refractivity contribution in [2.45, 2.75) is 45.6 Å². The SMILES string of the molecule is CC(C)CC(CN=C(N)Nc1ccc2c(c1)CCC2)N1CCOCC1. The third kappa shape index (κ3) is 5.19. The molecule has 1 aromatic rings. The molecule has 3 N–H and O–H groups in total. The van der Waals surface area contributed by atoms with Gasteiger partial charge in [0.15, 0.2) is 5.96 Å². The Morgan fingerprint density at radius 1 is 1.24 bits per heavy atom. The molecule has 5 heteroatoms. The maximum absolute atomic E-state index is 6.16. The van der Waals surface area contributed by atoms with Crippen LogP contribution in [0, 0.1) is 5.92 Å². The highest BCUT2D eigenvalue weighted by molar-refractivity contribution is 5.92. The number of nitrogens with zero attached hydrogens (tertiary/aromatic N) is 2. The molecule has 1 fully saturated rings. The molecule has 1 unspecified atom stereocenters. The van der Waals surface area contributed by atoms with Crippen molar-refractivity contribution in [1.29, 1.82) is 0 Å². The van der Waals surface area contributed by atoms with Crippen LogP contribution in [-0.4, -0.2) is 49.7 Å². The zero-order valence-corrected chi connectivity index (χ0v) is 15.6. The van der Waals surface area contributed by atoms with Gasteiger partial charge in [0.2, 0.25) is 0 Å². The highest BCUT2D eigenvalue weighted by Gasteiger charge is 2.21. The fourth-order valence-electron chi connectivity index (χ4n) is 3.87. The van der Waals surface area contributed by atoms with E-state index in [1.165, 1.54) is 30.4 Å². The number of ether oxygens (including phenoxy) is 1. The van der Waals surface area contributed by atoms with Gasteiger partial charge < -0.3 is 15.8 Å². The number of hydrogen-bond donors (Lipinski definition) is 2. The summed E-state index contributed by atoms with van der Waals surface area (Å²) in [6, 6.07) is 6.98. The fraction of sp³-hybridized carbons (Fsp3) is 0.650. The van der Waals surface area contributed by atoms with Gasteiger partial charge in [-0.2, -0.15) is 0 Å². The van der Waals surface area contributed by atoms with Gasteiger partial charge in [-0.25, -0.2) is 0 Å². The summed E-state index contributed by atoms with van der Waals surface area (Å²) in [6.07, 6.45) is 4.78. The number of fused-ring (bicyclic) bond motifs is 1. The number of hydrogen-bond acceptors (Lipinski definition) is 3. The number of aliphatic imine (C=N–C) groups is 1. The number of nitrogens with two attached hydrogens (primary N) is 1. The predicted molar refractivity (Wildman–Crippen MR) is 104 cm³/mol. The van der Waals surface area contributed by atoms with Gasteiger partial charge in [-0.05, 0) is 54.9 Å². The van der Waals surface area contributed by atoms with Crippen LogP contribution in [0.1, 0.15) is 37.8 Å². The summed E-state index contributed by atoms with van der Waals surface area (Å²) >= 11 is 0. The Bertz CT molecular complexity index is 593. The molecule has 0 saturated carbocycles. The average Bonchev–Trinajstić information content (AvgIpc) is 3.07. The maximum Gasteiger partial charge on any atom is 0.193 e. The van der Waals surface area contributed by atoms with E-state index in [0.29, 0.717) is 17.9 Å². The van der Waals surface area contributed by atoms with Crippen molar-refractivity contribution in [3.8, 4) is 0 Å². The van der Waals surface area contributed by atoms with Crippen molar-refractivity contribution >= 4 is 11.6 Å². The van der Waals surface area contributed by atoms with E-state index in [1.54, 1.807) is 0 Å². The third-order valence-corrected chi connectivity index (χ3v) is 5.15. The molecule has 1 aliphatic carbocycles. The normalized spacial score (nSPS) is 19.9. The van der Waals surface area contributed by atoms with Crippen LogP contribution in [0.15, 0.2) is 23.2 Å². The highest BCUT2D eigenvalue weighted by atomic mass is 16.5. The molecule has 0 bridgehead atoms. The van der Waals surface area contributed by atoms with Gasteiger partial charge in [-0.3, -0.25) is 9.89 Å². The topological polar surface area (TPSA) is 62.9 Å². The lowest BCUT2D eigenvalue weighted by Gasteiger charge is -2.34. The first kappa shape index (κ1) is 18.2. The van der Waals surface area contributed by atoms with Crippen molar-refractivity contribution in [2.75, 3.05) is 38.2 Å². The van der Waals surface area contributed by atoms with Crippen molar-refractivity contribution in [1.82, 2.24) is 4.90 Å². The van der Waals surface area contributed by atoms with E-state index < -0.39 is 0 Å². The largest absolute Gasteiger partial charge is 0.379 e. The Kier molecular flexibility index (Phi) is 6.32. The molecule has 0 spiro atoms. The van der Waals surface area contributed by atoms with E-state index in [4.69, 9.17) is 10.5 Å². The second-order valence-corrected chi connectivity index (χ2v) is 7.62. The summed E-state index contributed by atoms with van der Waals surface area (Å²) in [6.45, 7) is 8.90. The van der Waals surface area contributed by atoms with Crippen LogP contribution in [0.5, 0.6) is 0 Å². The molecule has 2 aliphatic rings. The number of nitrogens with one attached hydrogen (secondary N) is 1. The molecule has 138 valence electrons. The lowest BCUT2D eigenvalue weighted by atomic mass is 10.0. The Hall–Kier alpha value is -1.59. The standard InChI is InChI=1S/C20H32N4O/c1-15(2)12-19(24-8-10-25-11-9-24)14-22-20(21)23-18-7-6-16-4-3-5-17(16)13-18/h6-7,13,15,19H,3-5,8-12,14H2,1-2H3,(H3,21,22,23). The number of aryl methyl sites for hydroxylation is 2. The lowest BCUT2D eigenvalue weighted by molar-refractivity contribution is 0.0143. The Morgan fingerprint density at radius 3 is 2.76 bits per heavy atom. The first-order chi connectivity index (χ1) is 12.1. The van der Waals surface area contributed by atoms with E-state index in [1.807, 2.05) is 0 Å². The summed E-state index contributed by atoms with van der Waals surface area (Å²) < 4.78 is 5.48. The second-order valence-electron chi connectivity index (χ2n) is 7.62.